The SMILES string of the molecule is COc1cccc(N2CCCC(NC(=O)N3C[C@@H](C)O[C@@H](C)C3)C2)c1. The van der Waals surface area contributed by atoms with E-state index in [1.807, 2.05) is 30.9 Å². The van der Waals surface area contributed by atoms with Crippen molar-refractivity contribution in [2.75, 3.05) is 38.2 Å². The molecule has 2 amide bonds. The Morgan fingerprint density at radius 2 is 2.00 bits per heavy atom. The van der Waals surface area contributed by atoms with E-state index in [1.165, 1.54) is 0 Å². The van der Waals surface area contributed by atoms with Crippen LogP contribution in [-0.2, 0) is 4.74 Å². The lowest BCUT2D eigenvalue weighted by Gasteiger charge is -2.38. The number of hydrogen-bond acceptors (Lipinski definition) is 4. The van der Waals surface area contributed by atoms with Gasteiger partial charge in [-0.25, -0.2) is 4.79 Å². The van der Waals surface area contributed by atoms with Crippen LogP contribution in [0, 0.1) is 0 Å². The molecule has 138 valence electrons. The molecule has 1 N–H and O–H groups in total. The fraction of sp³-hybridized carbons (Fsp3) is 0.632. The number of methoxy groups -OCH3 is 1. The zero-order chi connectivity index (χ0) is 17.8. The van der Waals surface area contributed by atoms with E-state index < -0.39 is 0 Å². The van der Waals surface area contributed by atoms with Gasteiger partial charge in [-0.2, -0.15) is 0 Å². The summed E-state index contributed by atoms with van der Waals surface area (Å²) in [6, 6.07) is 8.30. The van der Waals surface area contributed by atoms with Crippen LogP contribution in [-0.4, -0.2) is 62.5 Å². The molecule has 25 heavy (non-hydrogen) atoms. The van der Waals surface area contributed by atoms with Crippen LogP contribution in [0.25, 0.3) is 0 Å². The molecule has 3 atom stereocenters. The standard InChI is InChI=1S/C19H29N3O3/c1-14-11-22(12-15(2)25-14)19(23)20-16-6-5-9-21(13-16)17-7-4-8-18(10-17)24-3/h4,7-8,10,14-16H,5-6,9,11-13H2,1-3H3,(H,20,23)/t14-,15+,16?. The van der Waals surface area contributed by atoms with E-state index in [4.69, 9.17) is 9.47 Å². The Morgan fingerprint density at radius 1 is 1.24 bits per heavy atom. The summed E-state index contributed by atoms with van der Waals surface area (Å²) in [7, 11) is 1.68. The van der Waals surface area contributed by atoms with Gasteiger partial charge in [0.25, 0.3) is 0 Å². The molecule has 6 nitrogen and oxygen atoms in total. The summed E-state index contributed by atoms with van der Waals surface area (Å²) in [5.74, 6) is 0.861. The predicted octanol–water partition coefficient (Wildman–Crippen LogP) is 2.48. The lowest BCUT2D eigenvalue weighted by Crippen LogP contribution is -2.56. The molecule has 2 aliphatic rings. The number of morpholine rings is 1. The summed E-state index contributed by atoms with van der Waals surface area (Å²) in [5, 5.41) is 3.22. The van der Waals surface area contributed by atoms with Crippen LogP contribution in [0.1, 0.15) is 26.7 Å². The minimum absolute atomic E-state index is 0.0273. The smallest absolute Gasteiger partial charge is 0.317 e. The van der Waals surface area contributed by atoms with Crippen LogP contribution in [0.2, 0.25) is 0 Å². The third-order valence-electron chi connectivity index (χ3n) is 4.87. The number of benzene rings is 1. The van der Waals surface area contributed by atoms with Crippen molar-refractivity contribution in [3.05, 3.63) is 24.3 Å². The molecule has 2 fully saturated rings. The molecule has 0 aliphatic carbocycles. The molecule has 6 heteroatoms. The van der Waals surface area contributed by atoms with Crippen LogP contribution in [0.15, 0.2) is 24.3 Å². The molecule has 2 heterocycles. The van der Waals surface area contributed by atoms with Crippen molar-refractivity contribution in [3.8, 4) is 5.75 Å². The van der Waals surface area contributed by atoms with Crippen LogP contribution >= 0.6 is 0 Å². The summed E-state index contributed by atoms with van der Waals surface area (Å²) in [4.78, 5) is 16.8. The van der Waals surface area contributed by atoms with Gasteiger partial charge in [-0.1, -0.05) is 6.07 Å². The second-order valence-corrected chi connectivity index (χ2v) is 7.10. The number of ether oxygens (including phenoxy) is 2. The van der Waals surface area contributed by atoms with Crippen LogP contribution in [0.5, 0.6) is 5.75 Å². The predicted molar refractivity (Wildman–Crippen MR) is 98.3 cm³/mol. The largest absolute Gasteiger partial charge is 0.497 e. The van der Waals surface area contributed by atoms with Crippen molar-refractivity contribution in [1.29, 1.82) is 0 Å². The van der Waals surface area contributed by atoms with E-state index in [-0.39, 0.29) is 24.3 Å². The molecule has 0 spiro atoms. The van der Waals surface area contributed by atoms with Gasteiger partial charge in [-0.15, -0.1) is 0 Å². The summed E-state index contributed by atoms with van der Waals surface area (Å²) >= 11 is 0. The number of hydrogen-bond donors (Lipinski definition) is 1. The molecular formula is C19H29N3O3. The maximum absolute atomic E-state index is 12.6. The number of nitrogens with one attached hydrogen (secondary N) is 1. The lowest BCUT2D eigenvalue weighted by molar-refractivity contribution is -0.0548. The van der Waals surface area contributed by atoms with E-state index in [0.29, 0.717) is 13.1 Å². The average Bonchev–Trinajstić information content (AvgIpc) is 2.61. The Bertz CT molecular complexity index is 585. The Morgan fingerprint density at radius 3 is 2.72 bits per heavy atom. The van der Waals surface area contributed by atoms with Gasteiger partial charge in [0.05, 0.1) is 19.3 Å². The second-order valence-electron chi connectivity index (χ2n) is 7.10. The van der Waals surface area contributed by atoms with Crippen molar-refractivity contribution in [1.82, 2.24) is 10.2 Å². The summed E-state index contributed by atoms with van der Waals surface area (Å²) in [6.07, 6.45) is 2.27. The van der Waals surface area contributed by atoms with Gasteiger partial charge in [0.2, 0.25) is 0 Å². The van der Waals surface area contributed by atoms with Crippen LogP contribution in [0.3, 0.4) is 0 Å². The van der Waals surface area contributed by atoms with Gasteiger partial charge in [-0.05, 0) is 38.8 Å². The molecule has 1 aromatic carbocycles. The molecule has 2 aliphatic heterocycles. The second kappa shape index (κ2) is 7.95. The van der Waals surface area contributed by atoms with Gasteiger partial charge in [0.1, 0.15) is 5.75 Å². The third kappa shape index (κ3) is 4.57. The molecule has 3 rings (SSSR count). The van der Waals surface area contributed by atoms with Gasteiger partial charge in [0.15, 0.2) is 0 Å². The Labute approximate surface area is 150 Å². The first kappa shape index (κ1) is 17.9. The highest BCUT2D eigenvalue weighted by molar-refractivity contribution is 5.75. The number of carbonyl (C=O) groups excluding carboxylic acids is 1. The van der Waals surface area contributed by atoms with Crippen molar-refractivity contribution >= 4 is 11.7 Å². The molecule has 0 radical (unpaired) electrons. The molecule has 0 saturated carbocycles. The monoisotopic (exact) mass is 347 g/mol. The molecule has 1 aromatic rings. The molecule has 0 bridgehead atoms. The molecule has 0 aromatic heterocycles. The van der Waals surface area contributed by atoms with E-state index in [9.17, 15) is 4.79 Å². The number of nitrogens with zero attached hydrogens (tertiary/aromatic N) is 2. The van der Waals surface area contributed by atoms with Crippen LogP contribution in [0.4, 0.5) is 10.5 Å². The zero-order valence-corrected chi connectivity index (χ0v) is 15.4. The zero-order valence-electron chi connectivity index (χ0n) is 15.4. The van der Waals surface area contributed by atoms with Crippen LogP contribution < -0.4 is 15.0 Å². The van der Waals surface area contributed by atoms with E-state index in [0.717, 1.165) is 37.4 Å². The lowest BCUT2D eigenvalue weighted by atomic mass is 10.0. The average molecular weight is 347 g/mol. The van der Waals surface area contributed by atoms with Gasteiger partial charge in [-0.3, -0.25) is 0 Å². The number of amides is 2. The minimum atomic E-state index is 0.0273. The Kier molecular flexibility index (Phi) is 5.68. The molecular weight excluding hydrogens is 318 g/mol. The Hall–Kier alpha value is -1.95. The summed E-state index contributed by atoms with van der Waals surface area (Å²) in [6.45, 7) is 7.17. The number of urea groups is 1. The third-order valence-corrected chi connectivity index (χ3v) is 4.87. The Balaban J connectivity index is 1.58. The quantitative estimate of drug-likeness (QED) is 0.913. The van der Waals surface area contributed by atoms with Gasteiger partial charge in [0, 0.05) is 44.0 Å². The molecule has 1 unspecified atom stereocenters. The van der Waals surface area contributed by atoms with E-state index in [2.05, 4.69) is 22.3 Å². The van der Waals surface area contributed by atoms with Crippen molar-refractivity contribution in [2.24, 2.45) is 0 Å². The fourth-order valence-corrected chi connectivity index (χ4v) is 3.75. The molecule has 2 saturated heterocycles. The summed E-state index contributed by atoms with van der Waals surface area (Å²) in [5.41, 5.74) is 1.15. The maximum Gasteiger partial charge on any atom is 0.317 e. The van der Waals surface area contributed by atoms with Crippen molar-refractivity contribution in [2.45, 2.75) is 44.9 Å². The normalized spacial score (nSPS) is 27.1. The highest BCUT2D eigenvalue weighted by atomic mass is 16.5. The highest BCUT2D eigenvalue weighted by Gasteiger charge is 2.28. The maximum atomic E-state index is 12.6. The first-order valence-electron chi connectivity index (χ1n) is 9.15. The number of piperidine rings is 1. The van der Waals surface area contributed by atoms with Crippen molar-refractivity contribution in [3.63, 3.8) is 0 Å². The fourth-order valence-electron chi connectivity index (χ4n) is 3.75. The minimum Gasteiger partial charge on any atom is -0.497 e. The summed E-state index contributed by atoms with van der Waals surface area (Å²) < 4.78 is 11.0. The van der Waals surface area contributed by atoms with Crippen molar-refractivity contribution < 1.29 is 14.3 Å². The van der Waals surface area contributed by atoms with E-state index in [1.54, 1.807) is 7.11 Å². The topological polar surface area (TPSA) is 54.0 Å². The number of anilines is 1. The number of rotatable bonds is 3. The first-order valence-corrected chi connectivity index (χ1v) is 9.15. The van der Waals surface area contributed by atoms with Gasteiger partial charge >= 0.3 is 6.03 Å². The first-order chi connectivity index (χ1) is 12.0. The van der Waals surface area contributed by atoms with Gasteiger partial charge < -0.3 is 24.6 Å². The number of carbonyl (C=O) groups is 1. The highest BCUT2D eigenvalue weighted by Crippen LogP contribution is 2.24. The van der Waals surface area contributed by atoms with E-state index >= 15 is 0 Å².